The van der Waals surface area contributed by atoms with E-state index in [0.29, 0.717) is 51.9 Å². The molecule has 1 aliphatic carbocycles. The SMILES string of the molecule is CC.CCC(CC)N(CCCN1CCOCC1)S(=O)(=O)CCCCNC(=O)/C=C/c1cccnc1.O=C(/C=C/c1cccnc1)NCCCCS(=O)(=O)N(CCCN1CCOCC1)C1CCC1.[HH].[HH]. The molecule has 2 aromatic heterocycles. The number of morpholine rings is 2. The third-order valence-corrected chi connectivity index (χ3v) is 15.9. The van der Waals surface area contributed by atoms with Crippen LogP contribution in [0.4, 0.5) is 0 Å². The fourth-order valence-corrected chi connectivity index (χ4v) is 11.7. The molecule has 0 bridgehead atoms. The lowest BCUT2D eigenvalue weighted by Gasteiger charge is -2.37. The van der Waals surface area contributed by atoms with Crippen LogP contribution in [0.2, 0.25) is 0 Å². The highest BCUT2D eigenvalue weighted by Gasteiger charge is 2.33. The summed E-state index contributed by atoms with van der Waals surface area (Å²) in [6.45, 7) is 18.7. The summed E-state index contributed by atoms with van der Waals surface area (Å²) in [6, 6.07) is 7.57. The summed E-state index contributed by atoms with van der Waals surface area (Å²) >= 11 is 0. The predicted molar refractivity (Wildman–Crippen MR) is 273 cm³/mol. The minimum atomic E-state index is -3.34. The molecule has 2 N–H and O–H groups in total. The molecule has 0 radical (unpaired) electrons. The molecule has 4 heterocycles. The second kappa shape index (κ2) is 33.8. The van der Waals surface area contributed by atoms with Crippen molar-refractivity contribution in [3.8, 4) is 0 Å². The number of ether oxygens (including phenoxy) is 2. The van der Waals surface area contributed by atoms with E-state index in [1.165, 1.54) is 12.2 Å². The molecule has 382 valence electrons. The first-order chi connectivity index (χ1) is 32.5. The standard InChI is InChI=1S/C24H40N4O4S.C23H36N4O4S.C2H6.2H2/c1-3-23(4-2)28(15-8-14-27-16-18-32-19-17-27)33(30,31)20-6-5-13-26-24(29)11-10-22-9-7-12-25-21-22;28-23(10-9-21-6-4-11-24-20-21)25-12-1-2-19-32(29,30)27(22-7-3-8-22)14-5-13-26-15-17-31-18-16-26;1-2;;/h7,9-12,21,23H,3-6,8,13-20H2,1-2H3,(H,26,29);4,6,9-11,20,22H,1-3,5,7-8,12-19H2,(H,25,28);1-2H3;2*1H/b11-10+;10-9+;;;. The van der Waals surface area contributed by atoms with Crippen LogP contribution in [0.1, 0.15) is 112 Å². The van der Waals surface area contributed by atoms with Gasteiger partial charge in [-0.15, -0.1) is 0 Å². The normalized spacial score (nSPS) is 16.4. The Balaban J connectivity index is 0.000000648. The summed E-state index contributed by atoms with van der Waals surface area (Å²) in [5.74, 6) is -0.121. The topological polar surface area (TPSA) is 184 Å². The number of hydrogen-bond acceptors (Lipinski definition) is 12. The third kappa shape index (κ3) is 23.5. The van der Waals surface area contributed by atoms with E-state index in [1.54, 1.807) is 45.5 Å². The Bertz CT molecular complexity index is 1920. The van der Waals surface area contributed by atoms with Crippen molar-refractivity contribution in [2.45, 2.75) is 110 Å². The van der Waals surface area contributed by atoms with E-state index in [2.05, 4.69) is 30.4 Å². The molecule has 0 aromatic carbocycles. The fraction of sp³-hybridized carbons (Fsp3) is 0.673. The Hall–Kier alpha value is -3.62. The molecule has 3 fully saturated rings. The van der Waals surface area contributed by atoms with E-state index in [9.17, 15) is 26.4 Å². The van der Waals surface area contributed by atoms with Gasteiger partial charge in [-0.3, -0.25) is 29.4 Å². The van der Waals surface area contributed by atoms with Gasteiger partial charge in [-0.1, -0.05) is 46.2 Å². The van der Waals surface area contributed by atoms with Crippen LogP contribution in [-0.2, 0) is 39.1 Å². The van der Waals surface area contributed by atoms with Gasteiger partial charge in [0, 0.05) is 104 Å². The van der Waals surface area contributed by atoms with Crippen molar-refractivity contribution < 1.29 is 38.8 Å². The summed E-state index contributed by atoms with van der Waals surface area (Å²) in [5, 5.41) is 5.63. The second-order valence-electron chi connectivity index (χ2n) is 16.8. The number of carbonyl (C=O) groups excluding carboxylic acids is 2. The number of nitrogens with zero attached hydrogens (tertiary/aromatic N) is 6. The third-order valence-electron chi connectivity index (χ3n) is 11.9. The molecular formula is C49H86N8O8S2. The van der Waals surface area contributed by atoms with Crippen molar-refractivity contribution in [3.05, 3.63) is 72.3 Å². The summed E-state index contributed by atoms with van der Waals surface area (Å²) < 4.78 is 66.5. The molecular weight excluding hydrogens is 893 g/mol. The van der Waals surface area contributed by atoms with E-state index < -0.39 is 20.0 Å². The zero-order chi connectivity index (χ0) is 48.6. The van der Waals surface area contributed by atoms with Crippen LogP contribution >= 0.6 is 0 Å². The number of unbranched alkanes of at least 4 members (excludes halogenated alkanes) is 2. The van der Waals surface area contributed by atoms with Crippen molar-refractivity contribution in [3.63, 3.8) is 0 Å². The highest BCUT2D eigenvalue weighted by Crippen LogP contribution is 2.28. The van der Waals surface area contributed by atoms with Crippen molar-refractivity contribution in [2.75, 3.05) is 103 Å². The largest absolute Gasteiger partial charge is 0.379 e. The van der Waals surface area contributed by atoms with Crippen LogP contribution < -0.4 is 10.6 Å². The number of amides is 2. The maximum absolute atomic E-state index is 13.1. The minimum absolute atomic E-state index is 0. The van der Waals surface area contributed by atoms with Gasteiger partial charge in [0.15, 0.2) is 0 Å². The van der Waals surface area contributed by atoms with Gasteiger partial charge in [0.2, 0.25) is 31.9 Å². The maximum Gasteiger partial charge on any atom is 0.243 e. The van der Waals surface area contributed by atoms with Gasteiger partial charge >= 0.3 is 0 Å². The van der Waals surface area contributed by atoms with Crippen molar-refractivity contribution >= 4 is 44.0 Å². The van der Waals surface area contributed by atoms with E-state index in [1.807, 2.05) is 52.0 Å². The highest BCUT2D eigenvalue weighted by molar-refractivity contribution is 7.89. The van der Waals surface area contributed by atoms with Gasteiger partial charge in [0.1, 0.15) is 0 Å². The van der Waals surface area contributed by atoms with Crippen molar-refractivity contribution in [1.82, 2.24) is 39.0 Å². The lowest BCUT2D eigenvalue weighted by Crippen LogP contribution is -2.46. The predicted octanol–water partition coefficient (Wildman–Crippen LogP) is 5.95. The van der Waals surface area contributed by atoms with Crippen molar-refractivity contribution in [1.29, 1.82) is 0 Å². The van der Waals surface area contributed by atoms with E-state index in [0.717, 1.165) is 122 Å². The molecule has 2 aliphatic heterocycles. The van der Waals surface area contributed by atoms with Crippen LogP contribution in [0.5, 0.6) is 0 Å². The molecule has 2 aromatic rings. The van der Waals surface area contributed by atoms with Crippen LogP contribution in [-0.4, -0.2) is 172 Å². The molecule has 18 heteroatoms. The molecule has 16 nitrogen and oxygen atoms in total. The number of pyridine rings is 2. The van der Waals surface area contributed by atoms with Crippen LogP contribution in [0.3, 0.4) is 0 Å². The summed E-state index contributed by atoms with van der Waals surface area (Å²) in [7, 11) is -6.62. The van der Waals surface area contributed by atoms with E-state index >= 15 is 0 Å². The second-order valence-corrected chi connectivity index (χ2v) is 20.8. The number of sulfonamides is 2. The number of hydrogen-bond donors (Lipinski definition) is 2. The Kier molecular flexibility index (Phi) is 29.1. The van der Waals surface area contributed by atoms with Crippen LogP contribution in [0, 0.1) is 0 Å². The van der Waals surface area contributed by atoms with Gasteiger partial charge in [-0.05, 0) is 113 Å². The molecule has 0 atom stereocenters. The first-order valence-corrected chi connectivity index (χ1v) is 28.0. The average molecular weight is 979 g/mol. The molecule has 0 spiro atoms. The highest BCUT2D eigenvalue weighted by atomic mass is 32.2. The Morgan fingerprint density at radius 1 is 0.716 bits per heavy atom. The zero-order valence-corrected chi connectivity index (χ0v) is 42.6. The Morgan fingerprint density at radius 2 is 1.18 bits per heavy atom. The summed E-state index contributed by atoms with van der Waals surface area (Å²) in [4.78, 5) is 36.5. The lowest BCUT2D eigenvalue weighted by atomic mass is 9.93. The van der Waals surface area contributed by atoms with Gasteiger partial charge < -0.3 is 20.1 Å². The monoisotopic (exact) mass is 979 g/mol. The lowest BCUT2D eigenvalue weighted by molar-refractivity contribution is -0.117. The number of carbonyl (C=O) groups is 2. The van der Waals surface area contributed by atoms with Crippen LogP contribution in [0.25, 0.3) is 12.2 Å². The fourth-order valence-electron chi connectivity index (χ4n) is 7.91. The average Bonchev–Trinajstić information content (AvgIpc) is 3.33. The van der Waals surface area contributed by atoms with E-state index in [-0.39, 0.29) is 38.3 Å². The molecule has 3 aliphatic rings. The number of aromatic nitrogens is 2. The summed E-state index contributed by atoms with van der Waals surface area (Å²) in [5.41, 5.74) is 1.72. The molecule has 1 saturated carbocycles. The van der Waals surface area contributed by atoms with Gasteiger partial charge in [0.25, 0.3) is 0 Å². The Morgan fingerprint density at radius 3 is 1.60 bits per heavy atom. The molecule has 0 unspecified atom stereocenters. The van der Waals surface area contributed by atoms with Gasteiger partial charge in [-0.2, -0.15) is 8.61 Å². The molecule has 2 saturated heterocycles. The maximum atomic E-state index is 13.1. The molecule has 5 rings (SSSR count). The number of nitrogens with one attached hydrogen (secondary N) is 2. The first kappa shape index (κ1) is 57.7. The zero-order valence-electron chi connectivity index (χ0n) is 40.9. The van der Waals surface area contributed by atoms with E-state index in [4.69, 9.17) is 9.47 Å². The molecule has 67 heavy (non-hydrogen) atoms. The smallest absolute Gasteiger partial charge is 0.243 e. The summed E-state index contributed by atoms with van der Waals surface area (Å²) in [6.07, 6.45) is 21.8. The first-order valence-electron chi connectivity index (χ1n) is 24.8. The van der Waals surface area contributed by atoms with Gasteiger partial charge in [0.05, 0.1) is 37.9 Å². The molecule has 2 amide bonds. The van der Waals surface area contributed by atoms with Crippen LogP contribution in [0.15, 0.2) is 61.2 Å². The quantitative estimate of drug-likeness (QED) is 0.0757. The van der Waals surface area contributed by atoms with Crippen molar-refractivity contribution in [2.24, 2.45) is 0 Å². The number of rotatable bonds is 28. The minimum Gasteiger partial charge on any atom is -0.379 e. The van der Waals surface area contributed by atoms with Gasteiger partial charge in [-0.25, -0.2) is 16.8 Å². The Labute approximate surface area is 406 Å².